The van der Waals surface area contributed by atoms with E-state index in [0.29, 0.717) is 69.4 Å². The summed E-state index contributed by atoms with van der Waals surface area (Å²) in [5.41, 5.74) is 8.32. The number of fused-ring (bicyclic) bond motifs is 3. The summed E-state index contributed by atoms with van der Waals surface area (Å²) in [4.78, 5) is 30.3. The average molecular weight is 598 g/mol. The lowest BCUT2D eigenvalue weighted by molar-refractivity contribution is -0.128. The molecule has 1 amide bonds. The molecule has 1 unspecified atom stereocenters. The van der Waals surface area contributed by atoms with Gasteiger partial charge in [0.2, 0.25) is 5.91 Å². The van der Waals surface area contributed by atoms with E-state index in [1.807, 2.05) is 11.8 Å². The number of piperazine rings is 1. The van der Waals surface area contributed by atoms with Gasteiger partial charge < -0.3 is 25.2 Å². The first-order valence-electron chi connectivity index (χ1n) is 15.7. The minimum atomic E-state index is -2.63. The van der Waals surface area contributed by atoms with Crippen molar-refractivity contribution in [1.82, 2.24) is 14.8 Å². The standard InChI is InChI=1S/C32H45F2N7O2/c1-5-27(42)40-15-13-38(14-16-40)25-19-41-23(25)8-6-7-22-24(41)17-26(37-28(22)30(33)34)39-11-9-32(10-12-39)29(21(2)18-35)36-20-31(3,4)43-32/h5,17-18,23,25,30H,1,6-16,19-20,35H2,2-4H3/b21-18-/t23?,25-/m1/s1. The number of hydrogen-bond donors (Lipinski definition) is 1. The van der Waals surface area contributed by atoms with Crippen molar-refractivity contribution >= 4 is 23.1 Å². The maximum atomic E-state index is 14.5. The van der Waals surface area contributed by atoms with E-state index < -0.39 is 12.0 Å². The Balaban J connectivity index is 1.22. The molecule has 6 rings (SSSR count). The van der Waals surface area contributed by atoms with E-state index in [0.717, 1.165) is 49.4 Å². The van der Waals surface area contributed by atoms with E-state index in [9.17, 15) is 13.6 Å². The zero-order valence-corrected chi connectivity index (χ0v) is 25.7. The van der Waals surface area contributed by atoms with Crippen LogP contribution in [-0.4, -0.2) is 102 Å². The Hall–Kier alpha value is -3.05. The van der Waals surface area contributed by atoms with E-state index in [-0.39, 0.29) is 23.2 Å². The number of nitrogens with two attached hydrogens (primary N) is 1. The Kier molecular flexibility index (Phi) is 8.00. The normalized spacial score (nSPS) is 27.3. The molecule has 1 aromatic heterocycles. The number of anilines is 2. The first-order valence-corrected chi connectivity index (χ1v) is 15.7. The molecule has 5 aliphatic heterocycles. The zero-order chi connectivity index (χ0) is 30.5. The summed E-state index contributed by atoms with van der Waals surface area (Å²) in [7, 11) is 0. The van der Waals surface area contributed by atoms with Gasteiger partial charge in [0, 0.05) is 75.2 Å². The smallest absolute Gasteiger partial charge is 0.280 e. The molecule has 0 saturated carbocycles. The maximum Gasteiger partial charge on any atom is 0.280 e. The Bertz CT molecular complexity index is 1310. The Labute approximate surface area is 253 Å². The molecule has 2 atom stereocenters. The van der Waals surface area contributed by atoms with Gasteiger partial charge in [0.25, 0.3) is 6.43 Å². The third-order valence-corrected chi connectivity index (χ3v) is 10.1. The molecular weight excluding hydrogens is 552 g/mol. The van der Waals surface area contributed by atoms with Crippen molar-refractivity contribution in [2.24, 2.45) is 10.7 Å². The molecule has 2 N–H and O–H groups in total. The topological polar surface area (TPSA) is 90.5 Å². The van der Waals surface area contributed by atoms with Gasteiger partial charge in [0.05, 0.1) is 17.9 Å². The van der Waals surface area contributed by atoms with Crippen LogP contribution in [0.25, 0.3) is 0 Å². The van der Waals surface area contributed by atoms with Gasteiger partial charge in [-0.1, -0.05) is 6.58 Å². The monoisotopic (exact) mass is 597 g/mol. The Morgan fingerprint density at radius 1 is 1.16 bits per heavy atom. The third kappa shape index (κ3) is 5.43. The van der Waals surface area contributed by atoms with Crippen LogP contribution in [0.5, 0.6) is 0 Å². The minimum absolute atomic E-state index is 0.0188. The van der Waals surface area contributed by atoms with Gasteiger partial charge in [-0.3, -0.25) is 14.7 Å². The second-order valence-electron chi connectivity index (χ2n) is 13.3. The number of carbonyl (C=O) groups is 1. The predicted octanol–water partition coefficient (Wildman–Crippen LogP) is 3.69. The van der Waals surface area contributed by atoms with Gasteiger partial charge in [-0.2, -0.15) is 0 Å². The lowest BCUT2D eigenvalue weighted by Crippen LogP contribution is -2.69. The van der Waals surface area contributed by atoms with Crippen molar-refractivity contribution in [1.29, 1.82) is 0 Å². The first-order chi connectivity index (χ1) is 20.6. The summed E-state index contributed by atoms with van der Waals surface area (Å²) in [6, 6.07) is 2.69. The van der Waals surface area contributed by atoms with Crippen molar-refractivity contribution < 1.29 is 18.3 Å². The summed E-state index contributed by atoms with van der Waals surface area (Å²) in [5.74, 6) is 0.596. The minimum Gasteiger partial charge on any atom is -0.404 e. The summed E-state index contributed by atoms with van der Waals surface area (Å²) >= 11 is 0. The largest absolute Gasteiger partial charge is 0.404 e. The second kappa shape index (κ2) is 11.5. The molecule has 0 aromatic carbocycles. The number of alkyl halides is 2. The maximum absolute atomic E-state index is 14.5. The molecule has 1 aromatic rings. The number of pyridine rings is 1. The molecule has 9 nitrogen and oxygen atoms in total. The molecule has 11 heteroatoms. The van der Waals surface area contributed by atoms with Gasteiger partial charge >= 0.3 is 0 Å². The van der Waals surface area contributed by atoms with Crippen molar-refractivity contribution in [2.45, 2.75) is 82.6 Å². The fourth-order valence-electron chi connectivity index (χ4n) is 7.84. The number of piperidine rings is 1. The molecule has 0 radical (unpaired) electrons. The van der Waals surface area contributed by atoms with Crippen molar-refractivity contribution in [3.05, 3.63) is 41.8 Å². The molecular formula is C32H45F2N7O2. The molecule has 1 spiro atoms. The molecule has 3 fully saturated rings. The van der Waals surface area contributed by atoms with Crippen LogP contribution < -0.4 is 15.5 Å². The van der Waals surface area contributed by atoms with Gasteiger partial charge in [-0.25, -0.2) is 13.8 Å². The number of ether oxygens (including phenoxy) is 1. The molecule has 6 heterocycles. The highest BCUT2D eigenvalue weighted by Gasteiger charge is 2.48. The number of carbonyl (C=O) groups excluding carboxylic acids is 1. The third-order valence-electron chi connectivity index (χ3n) is 10.1. The van der Waals surface area contributed by atoms with Crippen LogP contribution >= 0.6 is 0 Å². The lowest BCUT2D eigenvalue weighted by Gasteiger charge is -2.55. The number of nitrogens with zero attached hydrogens (tertiary/aromatic N) is 6. The van der Waals surface area contributed by atoms with Crippen molar-refractivity contribution in [3.8, 4) is 0 Å². The highest BCUT2D eigenvalue weighted by molar-refractivity contribution is 6.06. The number of rotatable bonds is 5. The molecule has 3 saturated heterocycles. The number of aliphatic imine (C=N–C) groups is 1. The molecule has 5 aliphatic rings. The van der Waals surface area contributed by atoms with E-state index >= 15 is 0 Å². The molecule has 234 valence electrons. The number of hydrogen-bond acceptors (Lipinski definition) is 8. The van der Waals surface area contributed by atoms with Crippen LogP contribution in [0.15, 0.2) is 35.5 Å². The SMILES string of the molecule is C=CC(=O)N1CCN([C@@H]2CN3c4cc(N5CCC6(CC5)OC(C)(C)CN=C6/C(C)=C\N)nc(C(F)F)c4CCCC23)CC1. The number of amides is 1. The van der Waals surface area contributed by atoms with Crippen molar-refractivity contribution in [3.63, 3.8) is 0 Å². The second-order valence-corrected chi connectivity index (χ2v) is 13.3. The van der Waals surface area contributed by atoms with Crippen LogP contribution in [-0.2, 0) is 16.0 Å². The summed E-state index contributed by atoms with van der Waals surface area (Å²) in [5, 5.41) is 0. The van der Waals surface area contributed by atoms with E-state index in [1.54, 1.807) is 6.20 Å². The van der Waals surface area contributed by atoms with Crippen molar-refractivity contribution in [2.75, 3.05) is 62.2 Å². The zero-order valence-electron chi connectivity index (χ0n) is 25.7. The number of halogens is 2. The predicted molar refractivity (Wildman–Crippen MR) is 165 cm³/mol. The van der Waals surface area contributed by atoms with E-state index in [4.69, 9.17) is 15.5 Å². The highest BCUT2D eigenvalue weighted by Crippen LogP contribution is 2.44. The summed E-state index contributed by atoms with van der Waals surface area (Å²) in [6.45, 7) is 15.4. The van der Waals surface area contributed by atoms with Gasteiger partial charge in [-0.05, 0) is 70.7 Å². The van der Waals surface area contributed by atoms with Gasteiger partial charge in [-0.15, -0.1) is 0 Å². The highest BCUT2D eigenvalue weighted by atomic mass is 19.3. The fourth-order valence-corrected chi connectivity index (χ4v) is 7.84. The van der Waals surface area contributed by atoms with Crippen LogP contribution in [0.2, 0.25) is 0 Å². The van der Waals surface area contributed by atoms with Gasteiger partial charge in [0.15, 0.2) is 0 Å². The van der Waals surface area contributed by atoms with Crippen LogP contribution in [0.4, 0.5) is 20.3 Å². The molecule has 0 bridgehead atoms. The average Bonchev–Trinajstić information content (AvgIpc) is 3.12. The molecule has 0 aliphatic carbocycles. The Morgan fingerprint density at radius 2 is 1.88 bits per heavy atom. The van der Waals surface area contributed by atoms with Crippen LogP contribution in [0, 0.1) is 0 Å². The van der Waals surface area contributed by atoms with Crippen LogP contribution in [0.3, 0.4) is 0 Å². The van der Waals surface area contributed by atoms with Crippen LogP contribution in [0.1, 0.15) is 64.1 Å². The fraction of sp³-hybridized carbons (Fsp3) is 0.656. The molecule has 43 heavy (non-hydrogen) atoms. The quantitative estimate of drug-likeness (QED) is 0.518. The first kappa shape index (κ1) is 30.0. The van der Waals surface area contributed by atoms with Gasteiger partial charge in [0.1, 0.15) is 17.1 Å². The van der Waals surface area contributed by atoms with E-state index in [1.165, 1.54) is 6.08 Å². The summed E-state index contributed by atoms with van der Waals surface area (Å²) in [6.07, 6.45) is 4.12. The lowest BCUT2D eigenvalue weighted by atomic mass is 9.81. The number of aromatic nitrogens is 1. The summed E-state index contributed by atoms with van der Waals surface area (Å²) < 4.78 is 35.7. The van der Waals surface area contributed by atoms with E-state index in [2.05, 4.69) is 46.2 Å². The Morgan fingerprint density at radius 3 is 2.53 bits per heavy atom.